The molecule has 0 amide bonds. The van der Waals surface area contributed by atoms with Crippen LogP contribution in [-0.2, 0) is 6.42 Å². The van der Waals surface area contributed by atoms with Gasteiger partial charge in [0, 0.05) is 60.0 Å². The summed E-state index contributed by atoms with van der Waals surface area (Å²) in [5.41, 5.74) is 10.4. The number of thiophene rings is 1. The zero-order valence-electron chi connectivity index (χ0n) is 18.4. The van der Waals surface area contributed by atoms with Crippen LogP contribution in [0.3, 0.4) is 0 Å². The highest BCUT2D eigenvalue weighted by Crippen LogP contribution is 2.33. The first-order valence-corrected chi connectivity index (χ1v) is 11.9. The summed E-state index contributed by atoms with van der Waals surface area (Å²) in [7, 11) is 0. The van der Waals surface area contributed by atoms with Crippen LogP contribution < -0.4 is 10.6 Å². The van der Waals surface area contributed by atoms with E-state index >= 15 is 0 Å². The molecule has 3 aromatic heterocycles. The topological polar surface area (TPSA) is 92.3 Å². The van der Waals surface area contributed by atoms with Gasteiger partial charge in [0.2, 0.25) is 0 Å². The average Bonchev–Trinajstić information content (AvgIpc) is 3.27. The van der Waals surface area contributed by atoms with E-state index < -0.39 is 6.10 Å². The van der Waals surface area contributed by atoms with Crippen molar-refractivity contribution in [3.63, 3.8) is 0 Å². The van der Waals surface area contributed by atoms with Crippen molar-refractivity contribution < 1.29 is 9.90 Å². The number of hydrogen-bond acceptors (Lipinski definition) is 7. The number of nitrogens with zero attached hydrogens (tertiary/aromatic N) is 3. The average molecular weight is 459 g/mol. The third-order valence-corrected chi connectivity index (χ3v) is 7.39. The van der Waals surface area contributed by atoms with E-state index in [1.807, 2.05) is 43.3 Å². The third kappa shape index (κ3) is 4.39. The lowest BCUT2D eigenvalue weighted by molar-refractivity contribution is 0.0784. The Hall–Kier alpha value is -3.13. The molecule has 1 aliphatic heterocycles. The van der Waals surface area contributed by atoms with Crippen molar-refractivity contribution in [3.05, 3.63) is 78.2 Å². The van der Waals surface area contributed by atoms with Crippen molar-refractivity contribution in [2.45, 2.75) is 25.5 Å². The number of benzene rings is 1. The molecule has 0 spiro atoms. The van der Waals surface area contributed by atoms with Crippen LogP contribution in [0.2, 0.25) is 0 Å². The van der Waals surface area contributed by atoms with Crippen molar-refractivity contribution >= 4 is 33.0 Å². The second-order valence-electron chi connectivity index (χ2n) is 8.70. The Morgan fingerprint density at radius 1 is 1.18 bits per heavy atom. The van der Waals surface area contributed by atoms with Crippen LogP contribution >= 0.6 is 11.3 Å². The molecule has 1 fully saturated rings. The van der Waals surface area contributed by atoms with E-state index in [-0.39, 0.29) is 24.2 Å². The lowest BCUT2D eigenvalue weighted by Crippen LogP contribution is -2.55. The first-order chi connectivity index (χ1) is 16.0. The molecule has 1 aromatic carbocycles. The number of rotatable bonds is 5. The summed E-state index contributed by atoms with van der Waals surface area (Å²) in [6, 6.07) is 17.6. The number of carbonyl (C=O) groups is 1. The predicted molar refractivity (Wildman–Crippen MR) is 133 cm³/mol. The molecule has 0 radical (unpaired) electrons. The standard InChI is InChI=1S/C26H26N4O2S/c1-16-14-30(15-19(27)26(16)32)22-9-10-28-13-18(22)11-23(31)20-7-8-24-21(29-20)12-25(33-24)17-5-3-2-4-6-17/h2-10,12-13,16,19,26,32H,11,14-15,27H2,1H3/t16-,19+,26+/m0/s1. The van der Waals surface area contributed by atoms with Crippen molar-refractivity contribution in [3.8, 4) is 10.4 Å². The lowest BCUT2D eigenvalue weighted by Gasteiger charge is -2.40. The molecule has 0 bridgehead atoms. The van der Waals surface area contributed by atoms with E-state index in [1.54, 1.807) is 29.8 Å². The molecule has 3 N–H and O–H groups in total. The molecule has 1 saturated heterocycles. The number of fused-ring (bicyclic) bond motifs is 1. The zero-order chi connectivity index (χ0) is 22.9. The summed E-state index contributed by atoms with van der Waals surface area (Å²) in [6.07, 6.45) is 3.16. The Labute approximate surface area is 196 Å². The van der Waals surface area contributed by atoms with E-state index in [0.29, 0.717) is 18.8 Å². The van der Waals surface area contributed by atoms with E-state index in [0.717, 1.165) is 31.9 Å². The molecule has 4 aromatic rings. The maximum absolute atomic E-state index is 13.2. The highest BCUT2D eigenvalue weighted by molar-refractivity contribution is 7.22. The molecule has 6 nitrogen and oxygen atoms in total. The minimum atomic E-state index is -0.518. The Balaban J connectivity index is 1.39. The zero-order valence-corrected chi connectivity index (χ0v) is 19.2. The van der Waals surface area contributed by atoms with Gasteiger partial charge in [-0.05, 0) is 29.8 Å². The Morgan fingerprint density at radius 2 is 2.00 bits per heavy atom. The van der Waals surface area contributed by atoms with Crippen LogP contribution in [0.15, 0.2) is 67.0 Å². The Morgan fingerprint density at radius 3 is 2.79 bits per heavy atom. The summed E-state index contributed by atoms with van der Waals surface area (Å²) in [6.45, 7) is 3.21. The number of carbonyl (C=O) groups excluding carboxylic acids is 1. The lowest BCUT2D eigenvalue weighted by atomic mass is 9.92. The minimum Gasteiger partial charge on any atom is -0.391 e. The van der Waals surface area contributed by atoms with Gasteiger partial charge in [-0.25, -0.2) is 4.98 Å². The van der Waals surface area contributed by atoms with Crippen molar-refractivity contribution in [1.82, 2.24) is 9.97 Å². The summed E-state index contributed by atoms with van der Waals surface area (Å²) in [5.74, 6) is -0.0000516. The Bertz CT molecular complexity index is 1280. The van der Waals surface area contributed by atoms with E-state index in [1.165, 1.54) is 0 Å². The number of hydrogen-bond donors (Lipinski definition) is 2. The van der Waals surface area contributed by atoms with Crippen LogP contribution in [0.1, 0.15) is 23.0 Å². The van der Waals surface area contributed by atoms with Gasteiger partial charge in [-0.2, -0.15) is 0 Å². The summed E-state index contributed by atoms with van der Waals surface area (Å²) in [5, 5.41) is 10.2. The number of ketones is 1. The highest BCUT2D eigenvalue weighted by atomic mass is 32.1. The molecule has 33 heavy (non-hydrogen) atoms. The molecule has 0 aliphatic carbocycles. The van der Waals surface area contributed by atoms with Crippen molar-refractivity contribution in [1.29, 1.82) is 0 Å². The maximum atomic E-state index is 13.2. The van der Waals surface area contributed by atoms with Gasteiger partial charge in [-0.15, -0.1) is 11.3 Å². The van der Waals surface area contributed by atoms with Gasteiger partial charge in [0.1, 0.15) is 5.69 Å². The van der Waals surface area contributed by atoms with E-state index in [9.17, 15) is 9.90 Å². The Kier molecular flexibility index (Phi) is 5.93. The largest absolute Gasteiger partial charge is 0.391 e. The molecule has 3 atom stereocenters. The van der Waals surface area contributed by atoms with Gasteiger partial charge in [-0.3, -0.25) is 9.78 Å². The smallest absolute Gasteiger partial charge is 0.185 e. The molecule has 0 saturated carbocycles. The fourth-order valence-electron chi connectivity index (χ4n) is 4.46. The van der Waals surface area contributed by atoms with Gasteiger partial charge in [-0.1, -0.05) is 37.3 Å². The fraction of sp³-hybridized carbons (Fsp3) is 0.269. The number of aromatic nitrogens is 2. The number of nitrogens with two attached hydrogens (primary N) is 1. The minimum absolute atomic E-state index is 0.0481. The maximum Gasteiger partial charge on any atom is 0.185 e. The monoisotopic (exact) mass is 458 g/mol. The van der Waals surface area contributed by atoms with Crippen molar-refractivity contribution in [2.75, 3.05) is 18.0 Å². The summed E-state index contributed by atoms with van der Waals surface area (Å²) >= 11 is 1.67. The molecule has 168 valence electrons. The van der Waals surface area contributed by atoms with Crippen LogP contribution in [0.25, 0.3) is 20.7 Å². The first-order valence-electron chi connectivity index (χ1n) is 11.1. The number of piperidine rings is 1. The SMILES string of the molecule is C[C@H]1CN(c2ccncc2CC(=O)c2ccc3sc(-c4ccccc4)cc3n2)C[C@@H](N)[C@@H]1O. The predicted octanol–water partition coefficient (Wildman–Crippen LogP) is 3.93. The molecule has 5 rings (SSSR count). The van der Waals surface area contributed by atoms with E-state index in [2.05, 4.69) is 27.0 Å². The quantitative estimate of drug-likeness (QED) is 0.440. The van der Waals surface area contributed by atoms with Gasteiger partial charge >= 0.3 is 0 Å². The fourth-order valence-corrected chi connectivity index (χ4v) is 5.47. The van der Waals surface area contributed by atoms with Crippen LogP contribution in [0.5, 0.6) is 0 Å². The molecule has 7 heteroatoms. The van der Waals surface area contributed by atoms with Crippen LogP contribution in [0.4, 0.5) is 5.69 Å². The highest BCUT2D eigenvalue weighted by Gasteiger charge is 2.32. The second kappa shape index (κ2) is 9.02. The van der Waals surface area contributed by atoms with E-state index in [4.69, 9.17) is 5.73 Å². The molecule has 4 heterocycles. The summed E-state index contributed by atoms with van der Waals surface area (Å²) in [4.78, 5) is 25.4. The number of aliphatic hydroxyl groups excluding tert-OH is 1. The molecular formula is C26H26N4O2S. The normalized spacial score (nSPS) is 20.8. The second-order valence-corrected chi connectivity index (χ2v) is 9.78. The van der Waals surface area contributed by atoms with Gasteiger partial charge < -0.3 is 15.7 Å². The molecule has 0 unspecified atom stereocenters. The number of aliphatic hydroxyl groups is 1. The van der Waals surface area contributed by atoms with Gasteiger partial charge in [0.05, 0.1) is 16.3 Å². The first kappa shape index (κ1) is 21.7. The van der Waals surface area contributed by atoms with Crippen LogP contribution in [-0.4, -0.2) is 46.1 Å². The number of pyridine rings is 2. The number of Topliss-reactive ketones (excluding diaryl/α,β-unsaturated/α-hetero) is 1. The van der Waals surface area contributed by atoms with Gasteiger partial charge in [0.25, 0.3) is 0 Å². The molecule has 1 aliphatic rings. The number of anilines is 1. The molecular weight excluding hydrogens is 432 g/mol. The van der Waals surface area contributed by atoms with Crippen LogP contribution in [0, 0.1) is 5.92 Å². The third-order valence-electron chi connectivity index (χ3n) is 6.25. The summed E-state index contributed by atoms with van der Waals surface area (Å²) < 4.78 is 1.06. The van der Waals surface area contributed by atoms with Gasteiger partial charge in [0.15, 0.2) is 5.78 Å². The van der Waals surface area contributed by atoms with Crippen molar-refractivity contribution in [2.24, 2.45) is 11.7 Å².